The van der Waals surface area contributed by atoms with E-state index in [2.05, 4.69) is 15.6 Å². The molecule has 132 valence electrons. The van der Waals surface area contributed by atoms with Gasteiger partial charge in [-0.2, -0.15) is 13.2 Å². The molecule has 1 aliphatic rings. The van der Waals surface area contributed by atoms with Crippen LogP contribution in [0.25, 0.3) is 0 Å². The van der Waals surface area contributed by atoms with Crippen molar-refractivity contribution in [1.29, 1.82) is 0 Å². The monoisotopic (exact) mass is 342 g/mol. The maximum Gasteiger partial charge on any atom is 0.390 e. The van der Waals surface area contributed by atoms with Crippen LogP contribution in [-0.2, 0) is 11.2 Å². The lowest BCUT2D eigenvalue weighted by atomic mass is 10.0. The number of guanidine groups is 1. The number of halogens is 3. The number of benzene rings is 1. The number of hydrogen-bond acceptors (Lipinski definition) is 2. The number of hydrogen-bond donors (Lipinski definition) is 2. The molecular weight excluding hydrogens is 321 g/mol. The summed E-state index contributed by atoms with van der Waals surface area (Å²) in [4.78, 5) is 17.9. The minimum atomic E-state index is -4.22. The summed E-state index contributed by atoms with van der Waals surface area (Å²) in [6.45, 7) is 0.321. The van der Waals surface area contributed by atoms with E-state index in [1.54, 1.807) is 4.90 Å². The van der Waals surface area contributed by atoms with Crippen molar-refractivity contribution >= 4 is 17.6 Å². The van der Waals surface area contributed by atoms with Crippen LogP contribution in [0.15, 0.2) is 29.3 Å². The normalized spacial score (nSPS) is 15.0. The van der Waals surface area contributed by atoms with Crippen molar-refractivity contribution in [1.82, 2.24) is 10.6 Å². The largest absolute Gasteiger partial charge is 0.390 e. The molecule has 0 fully saturated rings. The molecule has 0 saturated carbocycles. The SMILES string of the molecule is CN=C(NCCC(F)(F)F)NCC(=O)N1CCCc2ccccc21. The second-order valence-corrected chi connectivity index (χ2v) is 5.50. The van der Waals surface area contributed by atoms with Crippen molar-refractivity contribution in [3.8, 4) is 0 Å². The van der Waals surface area contributed by atoms with Gasteiger partial charge in [0.25, 0.3) is 0 Å². The Morgan fingerprint density at radius 1 is 1.29 bits per heavy atom. The molecule has 0 atom stereocenters. The number of nitrogens with one attached hydrogen (secondary N) is 2. The Morgan fingerprint density at radius 3 is 2.75 bits per heavy atom. The molecule has 5 nitrogen and oxygen atoms in total. The Kier molecular flexibility index (Phi) is 6.05. The second-order valence-electron chi connectivity index (χ2n) is 5.50. The first-order chi connectivity index (χ1) is 11.4. The van der Waals surface area contributed by atoms with Gasteiger partial charge in [-0.3, -0.25) is 9.79 Å². The summed E-state index contributed by atoms with van der Waals surface area (Å²) < 4.78 is 36.4. The van der Waals surface area contributed by atoms with Crippen LogP contribution in [0.3, 0.4) is 0 Å². The zero-order valence-corrected chi connectivity index (χ0v) is 13.5. The van der Waals surface area contributed by atoms with Crippen LogP contribution < -0.4 is 15.5 Å². The molecule has 24 heavy (non-hydrogen) atoms. The first-order valence-electron chi connectivity index (χ1n) is 7.80. The van der Waals surface area contributed by atoms with Crippen LogP contribution in [0.5, 0.6) is 0 Å². The van der Waals surface area contributed by atoms with E-state index in [9.17, 15) is 18.0 Å². The van der Waals surface area contributed by atoms with Gasteiger partial charge in [0, 0.05) is 25.8 Å². The number of aryl methyl sites for hydroxylation is 1. The smallest absolute Gasteiger partial charge is 0.356 e. The highest BCUT2D eigenvalue weighted by molar-refractivity contribution is 5.98. The minimum Gasteiger partial charge on any atom is -0.356 e. The number of alkyl halides is 3. The molecule has 1 aliphatic heterocycles. The molecule has 2 rings (SSSR count). The van der Waals surface area contributed by atoms with Crippen LogP contribution in [0, 0.1) is 0 Å². The van der Waals surface area contributed by atoms with E-state index in [4.69, 9.17) is 0 Å². The quantitative estimate of drug-likeness (QED) is 0.651. The molecule has 0 aliphatic carbocycles. The molecule has 1 aromatic carbocycles. The summed E-state index contributed by atoms with van der Waals surface area (Å²) in [6, 6.07) is 7.73. The Bertz CT molecular complexity index is 601. The molecule has 1 aromatic rings. The fourth-order valence-electron chi connectivity index (χ4n) is 2.59. The summed E-state index contributed by atoms with van der Waals surface area (Å²) in [7, 11) is 1.45. The molecule has 0 saturated heterocycles. The van der Waals surface area contributed by atoms with Gasteiger partial charge in [-0.15, -0.1) is 0 Å². The van der Waals surface area contributed by atoms with Gasteiger partial charge in [-0.1, -0.05) is 18.2 Å². The molecule has 0 bridgehead atoms. The van der Waals surface area contributed by atoms with Gasteiger partial charge in [0.1, 0.15) is 0 Å². The lowest BCUT2D eigenvalue weighted by Gasteiger charge is -2.29. The van der Waals surface area contributed by atoms with Crippen LogP contribution in [0.2, 0.25) is 0 Å². The van der Waals surface area contributed by atoms with Crippen LogP contribution >= 0.6 is 0 Å². The Balaban J connectivity index is 1.86. The van der Waals surface area contributed by atoms with E-state index in [1.807, 2.05) is 24.3 Å². The van der Waals surface area contributed by atoms with Crippen molar-refractivity contribution in [2.24, 2.45) is 4.99 Å². The van der Waals surface area contributed by atoms with E-state index < -0.39 is 12.6 Å². The third-order valence-electron chi connectivity index (χ3n) is 3.74. The van der Waals surface area contributed by atoms with Gasteiger partial charge in [-0.05, 0) is 24.5 Å². The van der Waals surface area contributed by atoms with Gasteiger partial charge in [0.2, 0.25) is 5.91 Å². The zero-order valence-electron chi connectivity index (χ0n) is 13.5. The topological polar surface area (TPSA) is 56.7 Å². The van der Waals surface area contributed by atoms with Gasteiger partial charge in [0.05, 0.1) is 13.0 Å². The Morgan fingerprint density at radius 2 is 2.04 bits per heavy atom. The molecule has 1 heterocycles. The van der Waals surface area contributed by atoms with Crippen molar-refractivity contribution < 1.29 is 18.0 Å². The van der Waals surface area contributed by atoms with Crippen LogP contribution in [0.4, 0.5) is 18.9 Å². The number of nitrogens with zero attached hydrogens (tertiary/aromatic N) is 2. The van der Waals surface area contributed by atoms with E-state index in [1.165, 1.54) is 7.05 Å². The number of carbonyl (C=O) groups is 1. The molecule has 0 radical (unpaired) electrons. The van der Waals surface area contributed by atoms with E-state index in [-0.39, 0.29) is 25.0 Å². The lowest BCUT2D eigenvalue weighted by molar-refractivity contribution is -0.132. The highest BCUT2D eigenvalue weighted by Crippen LogP contribution is 2.26. The van der Waals surface area contributed by atoms with Gasteiger partial charge in [-0.25, -0.2) is 0 Å². The Labute approximate surface area is 138 Å². The number of anilines is 1. The molecule has 1 amide bonds. The highest BCUT2D eigenvalue weighted by Gasteiger charge is 2.26. The lowest BCUT2D eigenvalue weighted by Crippen LogP contribution is -2.46. The summed E-state index contributed by atoms with van der Waals surface area (Å²) in [5.74, 6) is 0.0406. The summed E-state index contributed by atoms with van der Waals surface area (Å²) in [6.07, 6.45) is -3.35. The van der Waals surface area contributed by atoms with Gasteiger partial charge < -0.3 is 15.5 Å². The van der Waals surface area contributed by atoms with E-state index in [0.29, 0.717) is 6.54 Å². The second kappa shape index (κ2) is 8.03. The fourth-order valence-corrected chi connectivity index (χ4v) is 2.59. The minimum absolute atomic E-state index is 0.0278. The van der Waals surface area contributed by atoms with Gasteiger partial charge in [0.15, 0.2) is 5.96 Å². The molecule has 0 aromatic heterocycles. The zero-order chi connectivity index (χ0) is 17.6. The maximum absolute atomic E-state index is 12.4. The number of fused-ring (bicyclic) bond motifs is 1. The predicted octanol–water partition coefficient (Wildman–Crippen LogP) is 2.08. The van der Waals surface area contributed by atoms with Crippen LogP contribution in [-0.4, -0.2) is 44.7 Å². The van der Waals surface area contributed by atoms with Gasteiger partial charge >= 0.3 is 6.18 Å². The first kappa shape index (κ1) is 18.1. The molecule has 8 heteroatoms. The summed E-state index contributed by atoms with van der Waals surface area (Å²) in [5, 5.41) is 5.32. The Hall–Kier alpha value is -2.25. The van der Waals surface area contributed by atoms with E-state index >= 15 is 0 Å². The fraction of sp³-hybridized carbons (Fsp3) is 0.500. The third-order valence-corrected chi connectivity index (χ3v) is 3.74. The highest BCUT2D eigenvalue weighted by atomic mass is 19.4. The molecule has 0 unspecified atom stereocenters. The third kappa shape index (κ3) is 5.14. The molecule has 2 N–H and O–H groups in total. The van der Waals surface area contributed by atoms with Crippen molar-refractivity contribution in [3.63, 3.8) is 0 Å². The average Bonchev–Trinajstić information content (AvgIpc) is 2.56. The van der Waals surface area contributed by atoms with Crippen molar-refractivity contribution in [3.05, 3.63) is 29.8 Å². The first-order valence-corrected chi connectivity index (χ1v) is 7.80. The van der Waals surface area contributed by atoms with Crippen LogP contribution in [0.1, 0.15) is 18.4 Å². The number of carbonyl (C=O) groups excluding carboxylic acids is 1. The molecular formula is C16H21F3N4O. The molecule has 0 spiro atoms. The number of rotatable bonds is 4. The van der Waals surface area contributed by atoms with Crippen molar-refractivity contribution in [2.75, 3.05) is 31.6 Å². The van der Waals surface area contributed by atoms with Crippen molar-refractivity contribution in [2.45, 2.75) is 25.4 Å². The number of para-hydroxylation sites is 1. The number of amides is 1. The van der Waals surface area contributed by atoms with E-state index in [0.717, 1.165) is 24.1 Å². The maximum atomic E-state index is 12.4. The standard InChI is InChI=1S/C16H21F3N4O/c1-20-15(21-9-8-16(17,18)19)22-11-14(24)23-10-4-6-12-5-2-3-7-13(12)23/h2-3,5,7H,4,6,8-11H2,1H3,(H2,20,21,22). The average molecular weight is 342 g/mol. The summed E-state index contributed by atoms with van der Waals surface area (Å²) in [5.41, 5.74) is 2.03. The predicted molar refractivity (Wildman–Crippen MR) is 87.2 cm³/mol. The summed E-state index contributed by atoms with van der Waals surface area (Å²) >= 11 is 0. The number of aliphatic imine (C=N–C) groups is 1.